The Bertz CT molecular complexity index is 1720. The van der Waals surface area contributed by atoms with Crippen molar-refractivity contribution in [3.8, 4) is 39.9 Å². The molecule has 0 aliphatic carbocycles. The quantitative estimate of drug-likeness (QED) is 0.163. The van der Waals surface area contributed by atoms with E-state index in [-0.39, 0.29) is 6.79 Å². The molecule has 0 radical (unpaired) electrons. The van der Waals surface area contributed by atoms with Crippen LogP contribution in [0, 0.1) is 13.8 Å². The number of phenolic OH excluding ortho intramolecular Hbond substituents is 1. The summed E-state index contributed by atoms with van der Waals surface area (Å²) in [5.41, 5.74) is 7.81. The summed E-state index contributed by atoms with van der Waals surface area (Å²) < 4.78 is 13.8. The Balaban J connectivity index is 1.54. The highest BCUT2D eigenvalue weighted by molar-refractivity contribution is 5.70. The second-order valence-electron chi connectivity index (χ2n) is 12.0. The summed E-state index contributed by atoms with van der Waals surface area (Å²) in [7, 11) is 0. The second-order valence-corrected chi connectivity index (χ2v) is 12.0. The molecule has 2 heterocycles. The average molecular weight is 588 g/mol. The van der Waals surface area contributed by atoms with Crippen LogP contribution in [0.25, 0.3) is 22.6 Å². The minimum Gasteiger partial charge on any atom is -0.507 e. The van der Waals surface area contributed by atoms with Crippen molar-refractivity contribution in [2.24, 2.45) is 0 Å². The van der Waals surface area contributed by atoms with Gasteiger partial charge in [-0.15, -0.1) is 0 Å². The lowest BCUT2D eigenvalue weighted by atomic mass is 9.86. The molecular formula is C38H41N3O3. The van der Waals surface area contributed by atoms with Crippen molar-refractivity contribution in [1.82, 2.24) is 14.9 Å². The number of nitrogens with zero attached hydrogens (tertiary/aromatic N) is 2. The maximum atomic E-state index is 10.4. The Labute approximate surface area is 260 Å². The highest BCUT2D eigenvalue weighted by atomic mass is 16.7. The van der Waals surface area contributed by atoms with Gasteiger partial charge in [-0.25, -0.2) is 4.98 Å². The van der Waals surface area contributed by atoms with Crippen molar-refractivity contribution >= 4 is 0 Å². The summed E-state index contributed by atoms with van der Waals surface area (Å²) in [5.74, 6) is 2.89. The number of hydrogen-bond acceptors (Lipinski definition) is 5. The Hall–Kier alpha value is -4.55. The zero-order chi connectivity index (χ0) is 30.7. The summed E-state index contributed by atoms with van der Waals surface area (Å²) in [5, 5.41) is 14.4. The van der Waals surface area contributed by atoms with Crippen LogP contribution in [0.2, 0.25) is 0 Å². The van der Waals surface area contributed by atoms with Crippen LogP contribution >= 0.6 is 0 Å². The first-order valence-electron chi connectivity index (χ1n) is 15.5. The predicted molar refractivity (Wildman–Crippen MR) is 176 cm³/mol. The minimum atomic E-state index is -0.535. The van der Waals surface area contributed by atoms with Crippen LogP contribution < -0.4 is 14.8 Å². The Morgan fingerprint density at radius 3 is 2.18 bits per heavy atom. The third-order valence-electron chi connectivity index (χ3n) is 8.53. The molecule has 0 saturated heterocycles. The van der Waals surface area contributed by atoms with Crippen LogP contribution in [0.1, 0.15) is 54.6 Å². The molecule has 1 aliphatic rings. The summed E-state index contributed by atoms with van der Waals surface area (Å²) in [6.07, 6.45) is 2.81. The zero-order valence-electron chi connectivity index (χ0n) is 26.1. The number of benzene rings is 4. The zero-order valence-corrected chi connectivity index (χ0v) is 26.1. The highest BCUT2D eigenvalue weighted by Gasteiger charge is 2.36. The first kappa shape index (κ1) is 29.5. The normalized spacial score (nSPS) is 13.6. The van der Waals surface area contributed by atoms with Crippen LogP contribution in [0.15, 0.2) is 91.0 Å². The maximum absolute atomic E-state index is 10.4. The molecule has 1 aromatic heterocycles. The molecule has 0 fully saturated rings. The van der Waals surface area contributed by atoms with Gasteiger partial charge in [0.15, 0.2) is 11.5 Å². The molecule has 44 heavy (non-hydrogen) atoms. The molecule has 2 N–H and O–H groups in total. The van der Waals surface area contributed by atoms with Crippen molar-refractivity contribution in [3.05, 3.63) is 119 Å². The predicted octanol–water partition coefficient (Wildman–Crippen LogP) is 8.32. The van der Waals surface area contributed by atoms with Crippen LogP contribution in [0.3, 0.4) is 0 Å². The standard InChI is InChI=1S/C38H41N3O3/c1-5-6-19-41-36(34(30-13-9-7-10-14-30)40-37(41)31-15-11-8-12-16-31)38(4,23-28-17-18-32-33(22-28)44-25-43-32)39-24-29-20-26(2)35(42)27(3)21-29/h7-18,20-22,39,42H,5-6,19,23-25H2,1-4H3. The summed E-state index contributed by atoms with van der Waals surface area (Å²) in [4.78, 5) is 5.41. The lowest BCUT2D eigenvalue weighted by Crippen LogP contribution is -2.43. The number of aromatic hydroxyl groups is 1. The number of aromatic nitrogens is 2. The van der Waals surface area contributed by atoms with Gasteiger partial charge in [-0.1, -0.05) is 92.2 Å². The molecule has 226 valence electrons. The van der Waals surface area contributed by atoms with Gasteiger partial charge in [-0.2, -0.15) is 0 Å². The number of rotatable bonds is 11. The number of aryl methyl sites for hydroxylation is 2. The van der Waals surface area contributed by atoms with E-state index < -0.39 is 5.54 Å². The molecule has 6 nitrogen and oxygen atoms in total. The van der Waals surface area contributed by atoms with E-state index in [0.29, 0.717) is 18.7 Å². The van der Waals surface area contributed by atoms with Gasteiger partial charge in [-0.05, 0) is 68.0 Å². The molecule has 0 spiro atoms. The lowest BCUT2D eigenvalue weighted by molar-refractivity contribution is 0.174. The topological polar surface area (TPSA) is 68.5 Å². The second kappa shape index (κ2) is 12.6. The number of imidazole rings is 1. The van der Waals surface area contributed by atoms with E-state index in [1.54, 1.807) is 0 Å². The summed E-state index contributed by atoms with van der Waals surface area (Å²) in [6, 6.07) is 31.4. The SMILES string of the molecule is CCCCn1c(-c2ccccc2)nc(-c2ccccc2)c1C(C)(Cc1ccc2c(c1)OCO2)NCc1cc(C)c(O)c(C)c1. The van der Waals surface area contributed by atoms with Crippen LogP contribution in [0.4, 0.5) is 0 Å². The number of unbranched alkanes of at least 4 members (excludes halogenated alkanes) is 1. The van der Waals surface area contributed by atoms with Gasteiger partial charge in [0.05, 0.1) is 16.9 Å². The Morgan fingerprint density at radius 1 is 0.841 bits per heavy atom. The van der Waals surface area contributed by atoms with E-state index in [0.717, 1.165) is 81.5 Å². The molecule has 4 aromatic carbocycles. The van der Waals surface area contributed by atoms with Crippen molar-refractivity contribution < 1.29 is 14.6 Å². The van der Waals surface area contributed by atoms with Crippen molar-refractivity contribution in [2.75, 3.05) is 6.79 Å². The fraction of sp³-hybridized carbons (Fsp3) is 0.289. The van der Waals surface area contributed by atoms with Crippen LogP contribution in [-0.2, 0) is 25.0 Å². The molecule has 0 bridgehead atoms. The molecule has 0 amide bonds. The van der Waals surface area contributed by atoms with Crippen molar-refractivity contribution in [3.63, 3.8) is 0 Å². The van der Waals surface area contributed by atoms with Gasteiger partial charge in [0.25, 0.3) is 0 Å². The van der Waals surface area contributed by atoms with Crippen molar-refractivity contribution in [2.45, 2.75) is 65.6 Å². The van der Waals surface area contributed by atoms with E-state index in [9.17, 15) is 5.11 Å². The van der Waals surface area contributed by atoms with E-state index in [1.165, 1.54) is 0 Å². The van der Waals surface area contributed by atoms with Crippen LogP contribution in [0.5, 0.6) is 17.2 Å². The van der Waals surface area contributed by atoms with E-state index in [2.05, 4.69) is 109 Å². The van der Waals surface area contributed by atoms with Gasteiger partial charge >= 0.3 is 0 Å². The van der Waals surface area contributed by atoms with Gasteiger partial charge in [0, 0.05) is 24.2 Å². The average Bonchev–Trinajstić information content (AvgIpc) is 3.67. The first-order valence-corrected chi connectivity index (χ1v) is 15.5. The Morgan fingerprint density at radius 2 is 1.50 bits per heavy atom. The summed E-state index contributed by atoms with van der Waals surface area (Å²) >= 11 is 0. The molecule has 6 heteroatoms. The van der Waals surface area contributed by atoms with E-state index in [4.69, 9.17) is 14.5 Å². The van der Waals surface area contributed by atoms with Crippen LogP contribution in [-0.4, -0.2) is 21.5 Å². The molecule has 1 aliphatic heterocycles. The molecule has 1 atom stereocenters. The van der Waals surface area contributed by atoms with E-state index >= 15 is 0 Å². The molecule has 5 aromatic rings. The molecule has 6 rings (SSSR count). The third kappa shape index (κ3) is 5.95. The number of ether oxygens (including phenoxy) is 2. The van der Waals surface area contributed by atoms with Crippen molar-refractivity contribution in [1.29, 1.82) is 0 Å². The largest absolute Gasteiger partial charge is 0.507 e. The molecule has 0 saturated carbocycles. The van der Waals surface area contributed by atoms with Gasteiger partial charge in [-0.3, -0.25) is 0 Å². The fourth-order valence-electron chi connectivity index (χ4n) is 6.28. The molecular weight excluding hydrogens is 546 g/mol. The number of nitrogens with one attached hydrogen (secondary N) is 1. The first-order chi connectivity index (χ1) is 21.4. The number of hydrogen-bond donors (Lipinski definition) is 2. The maximum Gasteiger partial charge on any atom is 0.231 e. The number of fused-ring (bicyclic) bond motifs is 1. The summed E-state index contributed by atoms with van der Waals surface area (Å²) in [6.45, 7) is 10.2. The monoisotopic (exact) mass is 587 g/mol. The minimum absolute atomic E-state index is 0.246. The van der Waals surface area contributed by atoms with Gasteiger partial charge in [0.2, 0.25) is 6.79 Å². The van der Waals surface area contributed by atoms with Gasteiger partial charge < -0.3 is 24.5 Å². The lowest BCUT2D eigenvalue weighted by Gasteiger charge is -2.34. The fourth-order valence-corrected chi connectivity index (χ4v) is 6.28. The number of phenols is 1. The van der Waals surface area contributed by atoms with E-state index in [1.807, 2.05) is 19.9 Å². The Kier molecular flexibility index (Phi) is 8.45. The van der Waals surface area contributed by atoms with Gasteiger partial charge in [0.1, 0.15) is 11.6 Å². The third-order valence-corrected chi connectivity index (χ3v) is 8.53. The molecule has 1 unspecified atom stereocenters. The highest BCUT2D eigenvalue weighted by Crippen LogP contribution is 2.40. The smallest absolute Gasteiger partial charge is 0.231 e.